The van der Waals surface area contributed by atoms with Gasteiger partial charge in [-0.05, 0) is 37.0 Å². The average molecular weight is 277 g/mol. The van der Waals surface area contributed by atoms with Gasteiger partial charge in [-0.2, -0.15) is 4.99 Å². The maximum atomic E-state index is 12.0. The Morgan fingerprint density at radius 2 is 2.15 bits per heavy atom. The van der Waals surface area contributed by atoms with Crippen LogP contribution in [0.1, 0.15) is 52.9 Å². The summed E-state index contributed by atoms with van der Waals surface area (Å²) in [5.74, 6) is 1.19. The monoisotopic (exact) mass is 277 g/mol. The van der Waals surface area contributed by atoms with E-state index in [2.05, 4.69) is 32.3 Å². The van der Waals surface area contributed by atoms with Gasteiger partial charge >= 0.3 is 6.03 Å². The van der Waals surface area contributed by atoms with Crippen LogP contribution in [-0.2, 0) is 0 Å². The van der Waals surface area contributed by atoms with Crippen molar-refractivity contribution in [2.75, 3.05) is 6.54 Å². The van der Waals surface area contributed by atoms with Gasteiger partial charge < -0.3 is 10.6 Å². The summed E-state index contributed by atoms with van der Waals surface area (Å²) >= 11 is 0. The van der Waals surface area contributed by atoms with Crippen molar-refractivity contribution in [1.29, 1.82) is 0 Å². The molecule has 4 nitrogen and oxygen atoms in total. The molecule has 2 amide bonds. The van der Waals surface area contributed by atoms with Gasteiger partial charge in [-0.25, -0.2) is 4.79 Å². The first-order valence-corrected chi connectivity index (χ1v) is 7.58. The molecule has 1 aliphatic heterocycles. The van der Waals surface area contributed by atoms with Gasteiger partial charge in [0.1, 0.15) is 11.4 Å². The molecule has 2 rings (SSSR count). The predicted molar refractivity (Wildman–Crippen MR) is 82.7 cm³/mol. The normalized spacial score (nSPS) is 31.4. The molecule has 1 aliphatic carbocycles. The van der Waals surface area contributed by atoms with E-state index in [1.165, 1.54) is 6.42 Å². The molecule has 2 N–H and O–H groups in total. The predicted octanol–water partition coefficient (Wildman–Crippen LogP) is 3.33. The number of carbonyl (C=O) groups excluding carboxylic acids is 1. The zero-order valence-electron chi connectivity index (χ0n) is 13.0. The summed E-state index contributed by atoms with van der Waals surface area (Å²) in [5, 5.41) is 0. The fraction of sp³-hybridized carbons (Fsp3) is 0.750. The Hall–Kier alpha value is -1.32. The fourth-order valence-electron chi connectivity index (χ4n) is 3.69. The van der Waals surface area contributed by atoms with Crippen molar-refractivity contribution in [3.8, 4) is 0 Å². The second-order valence-corrected chi connectivity index (χ2v) is 7.20. The van der Waals surface area contributed by atoms with Gasteiger partial charge in [0.15, 0.2) is 0 Å². The number of amidine groups is 1. The van der Waals surface area contributed by atoms with Gasteiger partial charge in [-0.1, -0.05) is 33.3 Å². The van der Waals surface area contributed by atoms with Crippen molar-refractivity contribution >= 4 is 11.9 Å². The van der Waals surface area contributed by atoms with Crippen LogP contribution in [-0.4, -0.2) is 28.9 Å². The van der Waals surface area contributed by atoms with Crippen molar-refractivity contribution in [3.63, 3.8) is 0 Å². The van der Waals surface area contributed by atoms with Crippen LogP contribution in [0.3, 0.4) is 0 Å². The molecule has 0 aromatic rings. The van der Waals surface area contributed by atoms with Crippen LogP contribution in [0.15, 0.2) is 17.6 Å². The minimum Gasteiger partial charge on any atom is -0.385 e. The molecular weight excluding hydrogens is 250 g/mol. The minimum atomic E-state index is -0.356. The summed E-state index contributed by atoms with van der Waals surface area (Å²) in [6.45, 7) is 11.2. The van der Waals surface area contributed by atoms with Crippen LogP contribution in [0.4, 0.5) is 4.79 Å². The smallest absolute Gasteiger partial charge is 0.346 e. The molecular formula is C16H27N3O. The van der Waals surface area contributed by atoms with Crippen LogP contribution in [0.25, 0.3) is 0 Å². The largest absolute Gasteiger partial charge is 0.385 e. The van der Waals surface area contributed by atoms with E-state index in [1.807, 2.05) is 4.90 Å². The first-order chi connectivity index (χ1) is 9.31. The lowest BCUT2D eigenvalue weighted by Gasteiger charge is -2.37. The van der Waals surface area contributed by atoms with E-state index < -0.39 is 0 Å². The number of nitrogens with zero attached hydrogens (tertiary/aromatic N) is 2. The molecule has 2 aliphatic rings. The molecule has 2 atom stereocenters. The second-order valence-electron chi connectivity index (χ2n) is 7.20. The van der Waals surface area contributed by atoms with E-state index in [1.54, 1.807) is 6.08 Å². The highest BCUT2D eigenvalue weighted by molar-refractivity contribution is 6.05. The molecule has 0 bridgehead atoms. The number of amides is 2. The van der Waals surface area contributed by atoms with Gasteiger partial charge in [0.25, 0.3) is 0 Å². The molecule has 1 spiro atoms. The Morgan fingerprint density at radius 1 is 1.45 bits per heavy atom. The Morgan fingerprint density at radius 3 is 2.75 bits per heavy atom. The van der Waals surface area contributed by atoms with Crippen molar-refractivity contribution in [1.82, 2.24) is 4.90 Å². The van der Waals surface area contributed by atoms with Crippen LogP contribution in [0, 0.1) is 11.3 Å². The molecule has 4 heteroatoms. The first-order valence-electron chi connectivity index (χ1n) is 7.58. The molecule has 1 fully saturated rings. The van der Waals surface area contributed by atoms with Crippen LogP contribution in [0.5, 0.6) is 0 Å². The van der Waals surface area contributed by atoms with Crippen molar-refractivity contribution < 1.29 is 4.79 Å². The number of hydrogen-bond donors (Lipinski definition) is 1. The summed E-state index contributed by atoms with van der Waals surface area (Å²) in [7, 11) is 0. The van der Waals surface area contributed by atoms with E-state index in [0.29, 0.717) is 23.7 Å². The highest BCUT2D eigenvalue weighted by Gasteiger charge is 2.49. The SMILES string of the molecule is C=CCN1C(=O)N=C(N)C12CCCC(C(C)(C)C)CC2. The molecule has 1 saturated carbocycles. The Labute approximate surface area is 122 Å². The van der Waals surface area contributed by atoms with Crippen LogP contribution >= 0.6 is 0 Å². The third-order valence-corrected chi connectivity index (χ3v) is 5.03. The number of hydrogen-bond acceptors (Lipinski definition) is 2. The van der Waals surface area contributed by atoms with Crippen LogP contribution in [0.2, 0.25) is 0 Å². The first kappa shape index (κ1) is 15.1. The molecule has 112 valence electrons. The standard InChI is InChI=1S/C16H27N3O/c1-5-11-19-14(20)18-13(17)16(19)9-6-7-12(8-10-16)15(2,3)4/h5,12H,1,6-11H2,2-4H3,(H2,17,18,20). The molecule has 0 saturated heterocycles. The van der Waals surface area contributed by atoms with Gasteiger partial charge in [-0.3, -0.25) is 0 Å². The molecule has 0 aromatic carbocycles. The quantitative estimate of drug-likeness (QED) is 0.787. The minimum absolute atomic E-state index is 0.198. The Kier molecular flexibility index (Phi) is 3.94. The molecule has 0 aromatic heterocycles. The maximum absolute atomic E-state index is 12.0. The second kappa shape index (κ2) is 5.23. The fourth-order valence-corrected chi connectivity index (χ4v) is 3.69. The molecule has 20 heavy (non-hydrogen) atoms. The summed E-state index contributed by atoms with van der Waals surface area (Å²) in [6.07, 6.45) is 7.01. The van der Waals surface area contributed by atoms with Gasteiger partial charge in [0.2, 0.25) is 0 Å². The number of carbonyl (C=O) groups is 1. The topological polar surface area (TPSA) is 58.7 Å². The van der Waals surface area contributed by atoms with Gasteiger partial charge in [0, 0.05) is 6.54 Å². The third-order valence-electron chi connectivity index (χ3n) is 5.03. The van der Waals surface area contributed by atoms with Crippen molar-refractivity contribution in [3.05, 3.63) is 12.7 Å². The van der Waals surface area contributed by atoms with E-state index in [9.17, 15) is 4.79 Å². The van der Waals surface area contributed by atoms with Crippen LogP contribution < -0.4 is 5.73 Å². The average Bonchev–Trinajstić information content (AvgIpc) is 2.55. The lowest BCUT2D eigenvalue weighted by molar-refractivity contribution is 0.164. The Bertz CT molecular complexity index is 435. The van der Waals surface area contributed by atoms with Crippen molar-refractivity contribution in [2.45, 2.75) is 58.4 Å². The number of urea groups is 1. The number of rotatable bonds is 2. The van der Waals surface area contributed by atoms with E-state index in [4.69, 9.17) is 5.73 Å². The van der Waals surface area contributed by atoms with E-state index in [0.717, 1.165) is 25.7 Å². The molecule has 1 heterocycles. The summed E-state index contributed by atoms with van der Waals surface area (Å²) in [6, 6.07) is -0.198. The number of aliphatic imine (C=N–C) groups is 1. The summed E-state index contributed by atoms with van der Waals surface area (Å²) in [5.41, 5.74) is 6.09. The lowest BCUT2D eigenvalue weighted by atomic mass is 9.76. The van der Waals surface area contributed by atoms with E-state index in [-0.39, 0.29) is 11.6 Å². The van der Waals surface area contributed by atoms with E-state index >= 15 is 0 Å². The van der Waals surface area contributed by atoms with Crippen molar-refractivity contribution in [2.24, 2.45) is 22.1 Å². The molecule has 0 radical (unpaired) electrons. The summed E-state index contributed by atoms with van der Waals surface area (Å²) < 4.78 is 0. The highest BCUT2D eigenvalue weighted by Crippen LogP contribution is 2.43. The third kappa shape index (κ3) is 2.48. The lowest BCUT2D eigenvalue weighted by Crippen LogP contribution is -2.54. The zero-order valence-corrected chi connectivity index (χ0v) is 13.0. The zero-order chi connectivity index (χ0) is 15.0. The Balaban J connectivity index is 2.24. The van der Waals surface area contributed by atoms with Gasteiger partial charge in [-0.15, -0.1) is 6.58 Å². The maximum Gasteiger partial charge on any atom is 0.346 e. The highest BCUT2D eigenvalue weighted by atomic mass is 16.2. The van der Waals surface area contributed by atoms with Gasteiger partial charge in [0.05, 0.1) is 0 Å². The summed E-state index contributed by atoms with van der Waals surface area (Å²) in [4.78, 5) is 17.9. The molecule has 2 unspecified atom stereocenters. The number of nitrogens with two attached hydrogens (primary N) is 1.